The van der Waals surface area contributed by atoms with E-state index in [1.807, 2.05) is 0 Å². The molecule has 0 heterocycles. The maximum atomic E-state index is 2.43. The van der Waals surface area contributed by atoms with Crippen LogP contribution in [-0.4, -0.2) is 27.1 Å². The van der Waals surface area contributed by atoms with Gasteiger partial charge in [0.05, 0.1) is 0 Å². The smallest absolute Gasteiger partial charge is 0.173 e. The standard InChI is InChI=1S/C28H29NSi/c1-28(29(2)3,24-16-8-4-9-17-24)30(25-18-10-5-11-19-25,26-20-12-6-13-21-26)27-22-14-7-15-23-27/h4-23H,1-3H3. The average molecular weight is 408 g/mol. The first kappa shape index (κ1) is 20.3. The van der Waals surface area contributed by atoms with Gasteiger partial charge in [0.25, 0.3) is 0 Å². The van der Waals surface area contributed by atoms with Gasteiger partial charge in [-0.2, -0.15) is 0 Å². The Labute approximate surface area is 181 Å². The summed E-state index contributed by atoms with van der Waals surface area (Å²) in [6.45, 7) is 2.43. The van der Waals surface area contributed by atoms with Crippen molar-refractivity contribution in [1.82, 2.24) is 4.90 Å². The summed E-state index contributed by atoms with van der Waals surface area (Å²) >= 11 is 0. The molecule has 0 N–H and O–H groups in total. The molecule has 1 unspecified atom stereocenters. The first-order chi connectivity index (χ1) is 14.6. The van der Waals surface area contributed by atoms with Crippen molar-refractivity contribution >= 4 is 23.6 Å². The number of benzene rings is 4. The van der Waals surface area contributed by atoms with Gasteiger partial charge in [-0.3, -0.25) is 0 Å². The lowest BCUT2D eigenvalue weighted by atomic mass is 10.1. The lowest BCUT2D eigenvalue weighted by Gasteiger charge is -2.52. The maximum Gasteiger partial charge on any atom is 0.173 e. The van der Waals surface area contributed by atoms with Gasteiger partial charge in [-0.1, -0.05) is 121 Å². The lowest BCUT2D eigenvalue weighted by molar-refractivity contribution is 0.262. The van der Waals surface area contributed by atoms with Crippen LogP contribution in [0.15, 0.2) is 121 Å². The molecule has 0 aliphatic carbocycles. The van der Waals surface area contributed by atoms with Crippen molar-refractivity contribution < 1.29 is 0 Å². The van der Waals surface area contributed by atoms with Crippen LogP contribution in [0.25, 0.3) is 0 Å². The van der Waals surface area contributed by atoms with E-state index >= 15 is 0 Å². The van der Waals surface area contributed by atoms with Gasteiger partial charge in [0.15, 0.2) is 8.07 Å². The first-order valence-corrected chi connectivity index (χ1v) is 12.5. The minimum absolute atomic E-state index is 0.210. The molecule has 0 spiro atoms. The molecule has 0 aliphatic heterocycles. The SMILES string of the molecule is CN(C)C(C)(c1ccccc1)[Si](c1ccccc1)(c1ccccc1)c1ccccc1. The van der Waals surface area contributed by atoms with Crippen molar-refractivity contribution in [2.45, 2.75) is 12.1 Å². The quantitative estimate of drug-likeness (QED) is 0.342. The van der Waals surface area contributed by atoms with Crippen LogP contribution in [0.1, 0.15) is 12.5 Å². The molecular weight excluding hydrogens is 378 g/mol. The van der Waals surface area contributed by atoms with Crippen LogP contribution in [0.2, 0.25) is 0 Å². The minimum atomic E-state index is -2.56. The highest BCUT2D eigenvalue weighted by Gasteiger charge is 2.56. The average Bonchev–Trinajstić information content (AvgIpc) is 2.82. The third kappa shape index (κ3) is 3.13. The van der Waals surface area contributed by atoms with E-state index in [1.165, 1.54) is 21.1 Å². The van der Waals surface area contributed by atoms with E-state index in [9.17, 15) is 0 Å². The summed E-state index contributed by atoms with van der Waals surface area (Å²) < 4.78 is 0. The zero-order valence-electron chi connectivity index (χ0n) is 18.0. The molecule has 0 aliphatic rings. The lowest BCUT2D eigenvalue weighted by Crippen LogP contribution is -2.80. The monoisotopic (exact) mass is 407 g/mol. The molecule has 2 heteroatoms. The van der Waals surface area contributed by atoms with E-state index in [0.717, 1.165) is 0 Å². The van der Waals surface area contributed by atoms with E-state index in [1.54, 1.807) is 0 Å². The summed E-state index contributed by atoms with van der Waals surface area (Å²) in [6, 6.07) is 44.5. The minimum Gasteiger partial charge on any atom is -0.301 e. The maximum absolute atomic E-state index is 2.56. The number of hydrogen-bond acceptors (Lipinski definition) is 1. The van der Waals surface area contributed by atoms with E-state index in [4.69, 9.17) is 0 Å². The molecule has 0 bridgehead atoms. The number of rotatable bonds is 6. The largest absolute Gasteiger partial charge is 0.301 e. The summed E-state index contributed by atoms with van der Waals surface area (Å²) in [5, 5.41) is 4.05. The fourth-order valence-corrected chi connectivity index (χ4v) is 11.0. The Morgan fingerprint density at radius 2 is 0.800 bits per heavy atom. The molecule has 0 radical (unpaired) electrons. The predicted octanol–water partition coefficient (Wildman–Crippen LogP) is 4.17. The van der Waals surface area contributed by atoms with Crippen molar-refractivity contribution in [1.29, 1.82) is 0 Å². The van der Waals surface area contributed by atoms with E-state index in [-0.39, 0.29) is 5.16 Å². The van der Waals surface area contributed by atoms with Crippen molar-refractivity contribution in [2.75, 3.05) is 14.1 Å². The van der Waals surface area contributed by atoms with Gasteiger partial charge in [0, 0.05) is 5.16 Å². The van der Waals surface area contributed by atoms with Gasteiger partial charge in [0.1, 0.15) is 0 Å². The molecule has 4 rings (SSSR count). The second kappa shape index (κ2) is 8.43. The predicted molar refractivity (Wildman–Crippen MR) is 131 cm³/mol. The van der Waals surface area contributed by atoms with Crippen LogP contribution in [0.3, 0.4) is 0 Å². The molecule has 0 amide bonds. The van der Waals surface area contributed by atoms with Crippen LogP contribution >= 0.6 is 0 Å². The van der Waals surface area contributed by atoms with Gasteiger partial charge in [0.2, 0.25) is 0 Å². The molecule has 4 aromatic carbocycles. The first-order valence-electron chi connectivity index (χ1n) is 10.5. The van der Waals surface area contributed by atoms with Crippen LogP contribution in [0.5, 0.6) is 0 Å². The van der Waals surface area contributed by atoms with Gasteiger partial charge >= 0.3 is 0 Å². The third-order valence-electron chi connectivity index (χ3n) is 6.58. The Kier molecular flexibility index (Phi) is 5.71. The highest BCUT2D eigenvalue weighted by atomic mass is 28.3. The van der Waals surface area contributed by atoms with Crippen molar-refractivity contribution in [3.8, 4) is 0 Å². The Balaban J connectivity index is 2.20. The molecule has 0 saturated heterocycles. The summed E-state index contributed by atoms with van der Waals surface area (Å²) in [6.07, 6.45) is 0. The van der Waals surface area contributed by atoms with Gasteiger partial charge in [-0.25, -0.2) is 0 Å². The Bertz CT molecular complexity index is 966. The van der Waals surface area contributed by atoms with E-state index in [2.05, 4.69) is 147 Å². The van der Waals surface area contributed by atoms with E-state index < -0.39 is 8.07 Å². The van der Waals surface area contributed by atoms with Crippen LogP contribution in [-0.2, 0) is 5.16 Å². The normalized spacial score (nSPS) is 13.7. The molecule has 0 saturated carbocycles. The Hall–Kier alpha value is -2.94. The zero-order chi connectivity index (χ0) is 21.0. The molecular formula is C28H29NSi. The zero-order valence-corrected chi connectivity index (χ0v) is 19.0. The summed E-state index contributed by atoms with van der Waals surface area (Å²) in [5.41, 5.74) is 1.35. The topological polar surface area (TPSA) is 3.24 Å². The molecule has 30 heavy (non-hydrogen) atoms. The van der Waals surface area contributed by atoms with Gasteiger partial charge in [-0.15, -0.1) is 0 Å². The fraction of sp³-hybridized carbons (Fsp3) is 0.143. The highest BCUT2D eigenvalue weighted by Crippen LogP contribution is 2.36. The second-order valence-corrected chi connectivity index (χ2v) is 12.4. The van der Waals surface area contributed by atoms with Crippen LogP contribution in [0, 0.1) is 0 Å². The van der Waals surface area contributed by atoms with E-state index in [0.29, 0.717) is 0 Å². The summed E-state index contributed by atoms with van der Waals surface area (Å²) in [4.78, 5) is 2.43. The van der Waals surface area contributed by atoms with Crippen molar-refractivity contribution in [3.05, 3.63) is 127 Å². The molecule has 1 nitrogen and oxygen atoms in total. The van der Waals surface area contributed by atoms with Crippen LogP contribution in [0.4, 0.5) is 0 Å². The highest BCUT2D eigenvalue weighted by molar-refractivity contribution is 7.13. The third-order valence-corrected chi connectivity index (χ3v) is 12.4. The number of nitrogens with zero attached hydrogens (tertiary/aromatic N) is 1. The fourth-order valence-electron chi connectivity index (χ4n) is 4.98. The summed E-state index contributed by atoms with van der Waals surface area (Å²) in [5.74, 6) is 0. The molecule has 4 aromatic rings. The van der Waals surface area contributed by atoms with Gasteiger partial charge in [-0.05, 0) is 42.1 Å². The van der Waals surface area contributed by atoms with Gasteiger partial charge < -0.3 is 4.90 Å². The van der Waals surface area contributed by atoms with Crippen LogP contribution < -0.4 is 15.6 Å². The second-order valence-electron chi connectivity index (χ2n) is 8.18. The number of hydrogen-bond donors (Lipinski definition) is 0. The summed E-state index contributed by atoms with van der Waals surface area (Å²) in [7, 11) is 1.90. The molecule has 150 valence electrons. The van der Waals surface area contributed by atoms with Crippen molar-refractivity contribution in [3.63, 3.8) is 0 Å². The molecule has 0 aromatic heterocycles. The molecule has 0 fully saturated rings. The Morgan fingerprint density at radius 1 is 0.500 bits per heavy atom. The molecule has 1 atom stereocenters. The van der Waals surface area contributed by atoms with Crippen molar-refractivity contribution in [2.24, 2.45) is 0 Å². The Morgan fingerprint density at radius 3 is 1.10 bits per heavy atom.